The van der Waals surface area contributed by atoms with Crippen molar-refractivity contribution in [1.29, 1.82) is 0 Å². The van der Waals surface area contributed by atoms with Gasteiger partial charge in [-0.25, -0.2) is 9.59 Å². The molecule has 0 bridgehead atoms. The van der Waals surface area contributed by atoms with E-state index < -0.39 is 59.1 Å². The summed E-state index contributed by atoms with van der Waals surface area (Å²) in [5.74, 6) is -1.64. The lowest BCUT2D eigenvalue weighted by Gasteiger charge is -2.47. The lowest BCUT2D eigenvalue weighted by molar-refractivity contribution is -0.305. The summed E-state index contributed by atoms with van der Waals surface area (Å²) in [5.41, 5.74) is -0.248. The molecule has 0 unspecified atom stereocenters. The van der Waals surface area contributed by atoms with E-state index in [0.717, 1.165) is 11.4 Å². The highest BCUT2D eigenvalue weighted by molar-refractivity contribution is 6.05. The fraction of sp³-hybridized carbons (Fsp3) is 0.367. The Labute approximate surface area is 245 Å². The average molecular weight is 596 g/mol. The van der Waals surface area contributed by atoms with E-state index in [1.54, 1.807) is 58.9 Å². The standard InChI is InChI=1S/C30H33N3O10/c1-13-7-10-17(31-13)26(36)33-20-21(34)16-9-12-19(15(3)23(16)41-28(20)38)40-29-22(35)24(25(39-6)30(4,5)43-29)42-27(37)18-11-8-14(2)32-18/h7-12,22,24-25,29,31-32,34-35H,1-6H3,(H,33,36)/t22-,24+,25-,29-/m1/s1. The number of aromatic nitrogens is 2. The number of aryl methyl sites for hydroxylation is 3. The largest absolute Gasteiger partial charge is 0.505 e. The topological polar surface area (TPSA) is 185 Å². The second-order valence-corrected chi connectivity index (χ2v) is 11.0. The van der Waals surface area contributed by atoms with Crippen molar-refractivity contribution in [3.63, 3.8) is 0 Å². The van der Waals surface area contributed by atoms with Crippen molar-refractivity contribution in [3.05, 3.63) is 75.2 Å². The number of methoxy groups -OCH3 is 1. The van der Waals surface area contributed by atoms with Gasteiger partial charge in [0.2, 0.25) is 6.29 Å². The number of anilines is 1. The van der Waals surface area contributed by atoms with Crippen LogP contribution in [0.5, 0.6) is 11.5 Å². The number of hydrogen-bond donors (Lipinski definition) is 5. The van der Waals surface area contributed by atoms with E-state index in [-0.39, 0.29) is 28.1 Å². The molecule has 1 aromatic carbocycles. The van der Waals surface area contributed by atoms with E-state index >= 15 is 0 Å². The first-order valence-corrected chi connectivity index (χ1v) is 13.5. The summed E-state index contributed by atoms with van der Waals surface area (Å²) < 4.78 is 28.8. The minimum absolute atomic E-state index is 0.00172. The van der Waals surface area contributed by atoms with Gasteiger partial charge in [-0.1, -0.05) is 0 Å². The van der Waals surface area contributed by atoms with Crippen LogP contribution < -0.4 is 15.7 Å². The Morgan fingerprint density at radius 3 is 2.26 bits per heavy atom. The highest BCUT2D eigenvalue weighted by Crippen LogP contribution is 2.38. The molecule has 228 valence electrons. The summed E-state index contributed by atoms with van der Waals surface area (Å²) in [7, 11) is 1.42. The number of hydrogen-bond acceptors (Lipinski definition) is 10. The van der Waals surface area contributed by atoms with Gasteiger partial charge in [0.25, 0.3) is 5.91 Å². The average Bonchev–Trinajstić information content (AvgIpc) is 3.59. The Hall–Kier alpha value is -4.59. The first-order chi connectivity index (χ1) is 20.3. The number of aromatic hydroxyl groups is 1. The Bertz CT molecular complexity index is 1750. The van der Waals surface area contributed by atoms with Gasteiger partial charge in [-0.15, -0.1) is 0 Å². The molecule has 0 radical (unpaired) electrons. The maximum atomic E-state index is 12.9. The Balaban J connectivity index is 1.42. The van der Waals surface area contributed by atoms with Gasteiger partial charge >= 0.3 is 11.6 Å². The first-order valence-electron chi connectivity index (χ1n) is 13.5. The van der Waals surface area contributed by atoms with Crippen LogP contribution >= 0.6 is 0 Å². The van der Waals surface area contributed by atoms with Crippen molar-refractivity contribution < 1.29 is 43.2 Å². The Morgan fingerprint density at radius 2 is 1.65 bits per heavy atom. The number of rotatable bonds is 7. The normalized spacial score (nSPS) is 21.5. The predicted octanol–water partition coefficient (Wildman–Crippen LogP) is 3.45. The SMILES string of the molecule is CO[C@@H]1[C@@H](OC(=O)c2ccc(C)[nH]2)[C@@H](O)[C@H](Oc2ccc3c(O)c(NC(=O)c4ccc(C)[nH]4)c(=O)oc3c2C)OC1(C)C. The molecule has 5 rings (SSSR count). The zero-order valence-electron chi connectivity index (χ0n) is 24.4. The quantitative estimate of drug-likeness (QED) is 0.157. The van der Waals surface area contributed by atoms with Crippen LogP contribution in [0, 0.1) is 20.8 Å². The monoisotopic (exact) mass is 595 g/mol. The fourth-order valence-electron chi connectivity index (χ4n) is 5.17. The third-order valence-electron chi connectivity index (χ3n) is 7.37. The Morgan fingerprint density at radius 1 is 1.00 bits per heavy atom. The van der Waals surface area contributed by atoms with E-state index in [9.17, 15) is 24.6 Å². The van der Waals surface area contributed by atoms with Gasteiger partial charge in [0, 0.05) is 24.1 Å². The molecule has 13 nitrogen and oxygen atoms in total. The number of carbonyl (C=O) groups is 2. The van der Waals surface area contributed by atoms with E-state index in [2.05, 4.69) is 15.3 Å². The third-order valence-corrected chi connectivity index (χ3v) is 7.37. The zero-order chi connectivity index (χ0) is 31.2. The highest BCUT2D eigenvalue weighted by Gasteiger charge is 2.53. The molecule has 4 heterocycles. The smallest absolute Gasteiger partial charge is 0.364 e. The lowest BCUT2D eigenvalue weighted by atomic mass is 9.89. The van der Waals surface area contributed by atoms with E-state index in [1.807, 2.05) is 0 Å². The second-order valence-electron chi connectivity index (χ2n) is 11.0. The number of amides is 1. The summed E-state index contributed by atoms with van der Waals surface area (Å²) >= 11 is 0. The summed E-state index contributed by atoms with van der Waals surface area (Å²) in [4.78, 5) is 44.0. The van der Waals surface area contributed by atoms with Gasteiger partial charge in [0.05, 0.1) is 11.0 Å². The molecule has 1 saturated heterocycles. The van der Waals surface area contributed by atoms with Crippen LogP contribution in [-0.4, -0.2) is 69.4 Å². The summed E-state index contributed by atoms with van der Waals surface area (Å²) in [6.45, 7) is 8.56. The fourth-order valence-corrected chi connectivity index (χ4v) is 5.17. The second kappa shape index (κ2) is 11.2. The number of benzene rings is 1. The molecule has 1 aliphatic rings. The molecule has 1 fully saturated rings. The Kier molecular flexibility index (Phi) is 7.82. The minimum Gasteiger partial charge on any atom is -0.505 e. The van der Waals surface area contributed by atoms with Gasteiger partial charge in [0.15, 0.2) is 23.6 Å². The van der Waals surface area contributed by atoms with Crippen molar-refractivity contribution in [1.82, 2.24) is 9.97 Å². The number of aliphatic hydroxyl groups is 1. The van der Waals surface area contributed by atoms with E-state index in [1.165, 1.54) is 19.2 Å². The van der Waals surface area contributed by atoms with Crippen LogP contribution in [0.25, 0.3) is 11.0 Å². The van der Waals surface area contributed by atoms with Gasteiger partial charge in [-0.3, -0.25) is 4.79 Å². The number of ether oxygens (including phenoxy) is 4. The molecule has 5 N–H and O–H groups in total. The highest BCUT2D eigenvalue weighted by atomic mass is 16.7. The lowest BCUT2D eigenvalue weighted by Crippen LogP contribution is -2.65. The number of aliphatic hydroxyl groups excluding tert-OH is 1. The van der Waals surface area contributed by atoms with Crippen molar-refractivity contribution in [2.24, 2.45) is 0 Å². The summed E-state index contributed by atoms with van der Waals surface area (Å²) in [5, 5.41) is 24.7. The van der Waals surface area contributed by atoms with Crippen LogP contribution in [0.1, 0.15) is 51.8 Å². The van der Waals surface area contributed by atoms with E-state index in [4.69, 9.17) is 23.4 Å². The minimum atomic E-state index is -1.48. The molecule has 1 aliphatic heterocycles. The van der Waals surface area contributed by atoms with Gasteiger partial charge in [-0.2, -0.15) is 0 Å². The van der Waals surface area contributed by atoms with Crippen LogP contribution in [0.2, 0.25) is 0 Å². The number of H-pyrrole nitrogens is 2. The van der Waals surface area contributed by atoms with Crippen molar-refractivity contribution >= 4 is 28.5 Å². The molecular formula is C30H33N3O10. The first kappa shape index (κ1) is 29.9. The van der Waals surface area contributed by atoms with Crippen molar-refractivity contribution in [3.8, 4) is 11.5 Å². The van der Waals surface area contributed by atoms with Gasteiger partial charge in [-0.05, 0) is 71.0 Å². The van der Waals surface area contributed by atoms with E-state index in [0.29, 0.717) is 5.56 Å². The molecular weight excluding hydrogens is 562 g/mol. The van der Waals surface area contributed by atoms with Crippen molar-refractivity contribution in [2.75, 3.05) is 12.4 Å². The molecule has 3 aromatic heterocycles. The molecule has 0 aliphatic carbocycles. The molecule has 0 spiro atoms. The van der Waals surface area contributed by atoms with Gasteiger partial charge in [0.1, 0.15) is 28.8 Å². The number of nitrogens with one attached hydrogen (secondary N) is 3. The van der Waals surface area contributed by atoms with Crippen LogP contribution in [0.4, 0.5) is 5.69 Å². The number of aromatic amines is 2. The molecule has 0 saturated carbocycles. The number of esters is 1. The van der Waals surface area contributed by atoms with Crippen LogP contribution in [-0.2, 0) is 14.2 Å². The molecule has 4 aromatic rings. The molecule has 13 heteroatoms. The molecule has 4 atom stereocenters. The van der Waals surface area contributed by atoms with Gasteiger partial charge < -0.3 is 48.9 Å². The van der Waals surface area contributed by atoms with Crippen molar-refractivity contribution in [2.45, 2.75) is 64.8 Å². The number of carbonyl (C=O) groups excluding carboxylic acids is 2. The summed E-state index contributed by atoms with van der Waals surface area (Å²) in [6, 6.07) is 9.46. The molecule has 43 heavy (non-hydrogen) atoms. The number of fused-ring (bicyclic) bond motifs is 1. The van der Waals surface area contributed by atoms with Crippen LogP contribution in [0.15, 0.2) is 45.6 Å². The zero-order valence-corrected chi connectivity index (χ0v) is 24.4. The predicted molar refractivity (Wildman–Crippen MR) is 153 cm³/mol. The summed E-state index contributed by atoms with van der Waals surface area (Å²) in [6.07, 6.45) is -4.84. The maximum Gasteiger partial charge on any atom is 0.364 e. The molecule has 1 amide bonds. The third kappa shape index (κ3) is 5.61. The maximum absolute atomic E-state index is 12.9. The van der Waals surface area contributed by atoms with Crippen LogP contribution in [0.3, 0.4) is 0 Å².